The van der Waals surface area contributed by atoms with Crippen LogP contribution in [0.5, 0.6) is 0 Å². The van der Waals surface area contributed by atoms with Gasteiger partial charge in [-0.05, 0) is 57.3 Å². The van der Waals surface area contributed by atoms with E-state index in [4.69, 9.17) is 10.3 Å². The zero-order valence-corrected chi connectivity index (χ0v) is 21.4. The van der Waals surface area contributed by atoms with E-state index in [9.17, 15) is 0 Å². The monoisotopic (exact) mass is 567 g/mol. The lowest BCUT2D eigenvalue weighted by atomic mass is 10.0. The molecule has 0 saturated carbocycles. The van der Waals surface area contributed by atoms with E-state index in [1.54, 1.807) is 0 Å². The second kappa shape index (κ2) is 12.9. The molecular weight excluding hydrogens is 537 g/mol. The van der Waals surface area contributed by atoms with E-state index in [-0.39, 0.29) is 6.10 Å². The maximum Gasteiger partial charge on any atom is 0.108 e. The second-order valence-electron chi connectivity index (χ2n) is 8.44. The van der Waals surface area contributed by atoms with E-state index in [1.807, 2.05) is 24.3 Å². The first kappa shape index (κ1) is 24.7. The molecule has 1 aliphatic heterocycles. The van der Waals surface area contributed by atoms with Gasteiger partial charge in [0.05, 0.1) is 12.3 Å². The van der Waals surface area contributed by atoms with Crippen molar-refractivity contribution in [2.45, 2.75) is 12.5 Å². The van der Waals surface area contributed by atoms with Crippen molar-refractivity contribution in [2.75, 3.05) is 45.9 Å². The van der Waals surface area contributed by atoms with Gasteiger partial charge < -0.3 is 9.64 Å². The molecule has 1 aliphatic rings. The predicted molar refractivity (Wildman–Crippen MR) is 145 cm³/mol. The lowest BCUT2D eigenvalue weighted by Crippen LogP contribution is -2.47. The van der Waals surface area contributed by atoms with Crippen molar-refractivity contribution in [3.63, 3.8) is 0 Å². The van der Waals surface area contributed by atoms with Gasteiger partial charge in [-0.1, -0.05) is 77.9 Å². The third-order valence-electron chi connectivity index (χ3n) is 6.27. The number of ether oxygens (including phenoxy) is 1. The molecule has 0 unspecified atom stereocenters. The van der Waals surface area contributed by atoms with Crippen LogP contribution in [-0.4, -0.2) is 55.7 Å². The third-order valence-corrected chi connectivity index (χ3v) is 7.14. The molecule has 34 heavy (non-hydrogen) atoms. The number of piperazine rings is 1. The molecular formula is C27H30IN5O. The van der Waals surface area contributed by atoms with Crippen LogP contribution >= 0.6 is 22.6 Å². The summed E-state index contributed by atoms with van der Waals surface area (Å²) in [5.74, 6) is 0. The molecule has 0 radical (unpaired) electrons. The molecule has 1 saturated heterocycles. The largest absolute Gasteiger partial charge is 0.367 e. The van der Waals surface area contributed by atoms with Gasteiger partial charge in [-0.3, -0.25) is 4.90 Å². The quantitative estimate of drug-likeness (QED) is 0.127. The van der Waals surface area contributed by atoms with Gasteiger partial charge in [0.1, 0.15) is 6.10 Å². The molecule has 0 spiro atoms. The summed E-state index contributed by atoms with van der Waals surface area (Å²) in [7, 11) is 0. The van der Waals surface area contributed by atoms with Crippen molar-refractivity contribution in [1.82, 2.24) is 9.80 Å². The zero-order valence-electron chi connectivity index (χ0n) is 19.3. The Hall–Kier alpha value is -2.42. The Morgan fingerprint density at radius 2 is 1.41 bits per heavy atom. The Kier molecular flexibility index (Phi) is 9.35. The lowest BCUT2D eigenvalue weighted by molar-refractivity contribution is 0.0454. The van der Waals surface area contributed by atoms with E-state index in [0.29, 0.717) is 6.61 Å². The molecule has 3 aromatic rings. The van der Waals surface area contributed by atoms with Gasteiger partial charge in [0, 0.05) is 47.8 Å². The molecule has 0 aliphatic carbocycles. The second-order valence-corrected chi connectivity index (χ2v) is 9.60. The topological polar surface area (TPSA) is 64.5 Å². The number of rotatable bonds is 10. The van der Waals surface area contributed by atoms with Gasteiger partial charge in [0.2, 0.25) is 0 Å². The van der Waals surface area contributed by atoms with Crippen molar-refractivity contribution >= 4 is 28.3 Å². The first-order chi connectivity index (χ1) is 16.7. The van der Waals surface area contributed by atoms with Crippen LogP contribution in [0.3, 0.4) is 0 Å². The third kappa shape index (κ3) is 6.81. The first-order valence-electron chi connectivity index (χ1n) is 11.7. The Morgan fingerprint density at radius 1 is 0.824 bits per heavy atom. The maximum atomic E-state index is 8.88. The summed E-state index contributed by atoms with van der Waals surface area (Å²) >= 11 is 2.23. The fourth-order valence-corrected chi connectivity index (χ4v) is 5.04. The minimum atomic E-state index is -0.0392. The van der Waals surface area contributed by atoms with Crippen molar-refractivity contribution in [3.8, 4) is 0 Å². The van der Waals surface area contributed by atoms with Crippen LogP contribution in [0.1, 0.15) is 22.8 Å². The van der Waals surface area contributed by atoms with Gasteiger partial charge >= 0.3 is 0 Å². The summed E-state index contributed by atoms with van der Waals surface area (Å²) in [6, 6.07) is 27.0. The van der Waals surface area contributed by atoms with Crippen molar-refractivity contribution < 1.29 is 4.74 Å². The molecule has 7 heteroatoms. The molecule has 0 atom stereocenters. The minimum Gasteiger partial charge on any atom is -0.367 e. The Morgan fingerprint density at radius 3 is 2.00 bits per heavy atom. The van der Waals surface area contributed by atoms with Crippen LogP contribution in [0.4, 0.5) is 5.69 Å². The number of hydrogen-bond donors (Lipinski definition) is 0. The molecule has 1 heterocycles. The van der Waals surface area contributed by atoms with E-state index in [2.05, 4.69) is 97.0 Å². The van der Waals surface area contributed by atoms with Gasteiger partial charge in [-0.2, -0.15) is 0 Å². The van der Waals surface area contributed by atoms with E-state index < -0.39 is 0 Å². The van der Waals surface area contributed by atoms with Crippen molar-refractivity contribution in [1.29, 1.82) is 0 Å². The minimum absolute atomic E-state index is 0.0392. The maximum absolute atomic E-state index is 8.88. The molecule has 4 rings (SSSR count). The molecule has 0 bridgehead atoms. The number of halogens is 1. The highest BCUT2D eigenvalue weighted by atomic mass is 127. The fraction of sp³-hybridized carbons (Fsp3) is 0.333. The molecule has 6 nitrogen and oxygen atoms in total. The van der Waals surface area contributed by atoms with Gasteiger partial charge in [-0.25, -0.2) is 0 Å². The summed E-state index contributed by atoms with van der Waals surface area (Å²) in [6.07, 6.45) is 0.854. The SMILES string of the molecule is [N-]=[N+]=Nc1c(I)cccc1CCN1CCN(CCOC(c2ccccc2)c2ccccc2)CC1. The molecule has 1 fully saturated rings. The van der Waals surface area contributed by atoms with E-state index in [0.717, 1.165) is 60.5 Å². The van der Waals surface area contributed by atoms with Crippen LogP contribution < -0.4 is 0 Å². The molecule has 176 valence electrons. The molecule has 0 aromatic heterocycles. The normalized spacial score (nSPS) is 14.8. The fourth-order valence-electron chi connectivity index (χ4n) is 4.37. The van der Waals surface area contributed by atoms with Crippen LogP contribution in [0.25, 0.3) is 10.4 Å². The molecule has 3 aromatic carbocycles. The molecule has 0 amide bonds. The summed E-state index contributed by atoms with van der Waals surface area (Å²) in [5, 5.41) is 3.91. The number of hydrogen-bond acceptors (Lipinski definition) is 4. The molecule has 0 N–H and O–H groups in total. The van der Waals surface area contributed by atoms with Crippen LogP contribution in [0.2, 0.25) is 0 Å². The Balaban J connectivity index is 1.24. The first-order valence-corrected chi connectivity index (χ1v) is 12.8. The highest BCUT2D eigenvalue weighted by Crippen LogP contribution is 2.27. The standard InChI is InChI=1S/C27H30IN5O/c28-25-13-7-12-22(26(25)30-31-29)14-15-32-16-18-33(19-17-32)20-21-34-27(23-8-3-1-4-9-23)24-10-5-2-6-11-24/h1-13,27H,14-21H2. The Bertz CT molecular complexity index is 1040. The number of benzene rings is 3. The van der Waals surface area contributed by atoms with Gasteiger partial charge in [0.25, 0.3) is 0 Å². The lowest BCUT2D eigenvalue weighted by Gasteiger charge is -2.35. The van der Waals surface area contributed by atoms with Crippen molar-refractivity contribution in [3.05, 3.63) is 110 Å². The summed E-state index contributed by atoms with van der Waals surface area (Å²) < 4.78 is 7.40. The Labute approximate surface area is 215 Å². The highest BCUT2D eigenvalue weighted by molar-refractivity contribution is 14.1. The van der Waals surface area contributed by atoms with Gasteiger partial charge in [0.15, 0.2) is 0 Å². The van der Waals surface area contributed by atoms with Crippen LogP contribution in [0.15, 0.2) is 84.0 Å². The summed E-state index contributed by atoms with van der Waals surface area (Å²) in [5.41, 5.74) is 13.1. The highest BCUT2D eigenvalue weighted by Gasteiger charge is 2.19. The van der Waals surface area contributed by atoms with E-state index in [1.165, 1.54) is 11.1 Å². The van der Waals surface area contributed by atoms with Crippen LogP contribution in [-0.2, 0) is 11.2 Å². The van der Waals surface area contributed by atoms with Crippen LogP contribution in [0, 0.1) is 3.57 Å². The average molecular weight is 567 g/mol. The summed E-state index contributed by atoms with van der Waals surface area (Å²) in [6.45, 7) is 6.78. The van der Waals surface area contributed by atoms with E-state index >= 15 is 0 Å². The summed E-state index contributed by atoms with van der Waals surface area (Å²) in [4.78, 5) is 7.98. The van der Waals surface area contributed by atoms with Crippen molar-refractivity contribution in [2.24, 2.45) is 5.11 Å². The number of azide groups is 1. The zero-order chi connectivity index (χ0) is 23.6. The van der Waals surface area contributed by atoms with Gasteiger partial charge in [-0.15, -0.1) is 0 Å². The smallest absolute Gasteiger partial charge is 0.108 e. The predicted octanol–water partition coefficient (Wildman–Crippen LogP) is 6.20. The number of nitrogens with zero attached hydrogens (tertiary/aromatic N) is 5. The average Bonchev–Trinajstić information content (AvgIpc) is 2.89.